The molecule has 1 aromatic carbocycles. The van der Waals surface area contributed by atoms with Gasteiger partial charge in [0.05, 0.1) is 6.61 Å². The first-order valence-electron chi connectivity index (χ1n) is 5.39. The van der Waals surface area contributed by atoms with E-state index in [1.54, 1.807) is 0 Å². The fourth-order valence-electron chi connectivity index (χ4n) is 1.77. The van der Waals surface area contributed by atoms with Crippen LogP contribution in [-0.4, -0.2) is 29.8 Å². The molecule has 0 aliphatic carbocycles. The lowest BCUT2D eigenvalue weighted by atomic mass is 10.1. The zero-order valence-electron chi connectivity index (χ0n) is 9.48. The zero-order valence-corrected chi connectivity index (χ0v) is 10.3. The minimum absolute atomic E-state index is 0. The van der Waals surface area contributed by atoms with Crippen molar-refractivity contribution in [1.29, 1.82) is 0 Å². The SMILES string of the molecule is Cl.NCCc1c[nH]c2ccc(OCCO)cc12. The van der Waals surface area contributed by atoms with Crippen molar-refractivity contribution in [2.75, 3.05) is 19.8 Å². The van der Waals surface area contributed by atoms with E-state index in [1.165, 1.54) is 5.56 Å². The average Bonchev–Trinajstić information content (AvgIpc) is 2.70. The van der Waals surface area contributed by atoms with Gasteiger partial charge in [-0.2, -0.15) is 0 Å². The van der Waals surface area contributed by atoms with Crippen LogP contribution in [0.5, 0.6) is 5.75 Å². The molecule has 0 spiro atoms. The Labute approximate surface area is 106 Å². The van der Waals surface area contributed by atoms with Gasteiger partial charge in [0.25, 0.3) is 0 Å². The van der Waals surface area contributed by atoms with E-state index in [1.807, 2.05) is 24.4 Å². The Morgan fingerprint density at radius 3 is 2.88 bits per heavy atom. The van der Waals surface area contributed by atoms with Crippen LogP contribution < -0.4 is 10.5 Å². The van der Waals surface area contributed by atoms with Crippen LogP contribution in [0.2, 0.25) is 0 Å². The summed E-state index contributed by atoms with van der Waals surface area (Å²) in [5, 5.41) is 9.83. The van der Waals surface area contributed by atoms with Gasteiger partial charge in [-0.05, 0) is 36.7 Å². The van der Waals surface area contributed by atoms with E-state index in [2.05, 4.69) is 4.98 Å². The van der Waals surface area contributed by atoms with E-state index < -0.39 is 0 Å². The smallest absolute Gasteiger partial charge is 0.120 e. The second-order valence-electron chi connectivity index (χ2n) is 3.63. The minimum atomic E-state index is 0. The molecule has 0 aliphatic rings. The first kappa shape index (κ1) is 13.8. The van der Waals surface area contributed by atoms with Crippen LogP contribution in [0.3, 0.4) is 0 Å². The highest BCUT2D eigenvalue weighted by atomic mass is 35.5. The number of hydrogen-bond acceptors (Lipinski definition) is 3. The molecule has 0 radical (unpaired) electrons. The molecule has 0 aliphatic heterocycles. The summed E-state index contributed by atoms with van der Waals surface area (Å²) in [5.41, 5.74) is 7.83. The van der Waals surface area contributed by atoms with Gasteiger partial charge in [0, 0.05) is 17.1 Å². The van der Waals surface area contributed by atoms with Gasteiger partial charge in [-0.1, -0.05) is 0 Å². The molecule has 0 unspecified atom stereocenters. The molecule has 0 saturated carbocycles. The van der Waals surface area contributed by atoms with E-state index >= 15 is 0 Å². The molecule has 0 bridgehead atoms. The van der Waals surface area contributed by atoms with Crippen LogP contribution in [0, 0.1) is 0 Å². The van der Waals surface area contributed by atoms with Gasteiger partial charge < -0.3 is 20.6 Å². The third-order valence-electron chi connectivity index (χ3n) is 2.51. The number of H-pyrrole nitrogens is 1. The number of nitrogens with one attached hydrogen (secondary N) is 1. The fraction of sp³-hybridized carbons (Fsp3) is 0.333. The van der Waals surface area contributed by atoms with Crippen LogP contribution >= 0.6 is 12.4 Å². The summed E-state index contributed by atoms with van der Waals surface area (Å²) >= 11 is 0. The molecule has 0 saturated heterocycles. The van der Waals surface area contributed by atoms with Gasteiger partial charge in [0.15, 0.2) is 0 Å². The minimum Gasteiger partial charge on any atom is -0.491 e. The maximum absolute atomic E-state index is 8.69. The number of fused-ring (bicyclic) bond motifs is 1. The maximum Gasteiger partial charge on any atom is 0.120 e. The normalized spacial score (nSPS) is 10.2. The first-order chi connectivity index (χ1) is 7.85. The van der Waals surface area contributed by atoms with Gasteiger partial charge in [-0.3, -0.25) is 0 Å². The van der Waals surface area contributed by atoms with Crippen molar-refractivity contribution in [3.05, 3.63) is 30.0 Å². The largest absolute Gasteiger partial charge is 0.491 e. The number of nitrogens with two attached hydrogens (primary N) is 1. The van der Waals surface area contributed by atoms with Gasteiger partial charge in [0.1, 0.15) is 12.4 Å². The van der Waals surface area contributed by atoms with Gasteiger partial charge >= 0.3 is 0 Å². The third kappa shape index (κ3) is 3.12. The van der Waals surface area contributed by atoms with Crippen molar-refractivity contribution in [3.8, 4) is 5.75 Å². The molecular formula is C12H17ClN2O2. The molecule has 17 heavy (non-hydrogen) atoms. The molecule has 0 atom stereocenters. The summed E-state index contributed by atoms with van der Waals surface area (Å²) in [4.78, 5) is 3.20. The van der Waals surface area contributed by atoms with Crippen molar-refractivity contribution in [2.24, 2.45) is 5.73 Å². The average molecular weight is 257 g/mol. The molecule has 4 nitrogen and oxygen atoms in total. The summed E-state index contributed by atoms with van der Waals surface area (Å²) in [5.74, 6) is 0.777. The number of aliphatic hydroxyl groups excluding tert-OH is 1. The van der Waals surface area contributed by atoms with Crippen LogP contribution in [0.25, 0.3) is 10.9 Å². The van der Waals surface area contributed by atoms with Crippen molar-refractivity contribution in [3.63, 3.8) is 0 Å². The van der Waals surface area contributed by atoms with Crippen LogP contribution in [0.1, 0.15) is 5.56 Å². The predicted molar refractivity (Wildman–Crippen MR) is 70.9 cm³/mol. The molecule has 2 rings (SSSR count). The van der Waals surface area contributed by atoms with E-state index in [9.17, 15) is 0 Å². The first-order valence-corrected chi connectivity index (χ1v) is 5.39. The highest BCUT2D eigenvalue weighted by molar-refractivity contribution is 5.85. The highest BCUT2D eigenvalue weighted by Crippen LogP contribution is 2.23. The zero-order chi connectivity index (χ0) is 11.4. The van der Waals surface area contributed by atoms with Gasteiger partial charge in [-0.25, -0.2) is 0 Å². The Morgan fingerprint density at radius 1 is 1.35 bits per heavy atom. The number of aromatic amines is 1. The van der Waals surface area contributed by atoms with E-state index in [4.69, 9.17) is 15.6 Å². The summed E-state index contributed by atoms with van der Waals surface area (Å²) in [6.07, 6.45) is 2.83. The molecule has 94 valence electrons. The third-order valence-corrected chi connectivity index (χ3v) is 2.51. The molecule has 0 fully saturated rings. The van der Waals surface area contributed by atoms with Gasteiger partial charge in [-0.15, -0.1) is 12.4 Å². The predicted octanol–water partition coefficient (Wildman–Crippen LogP) is 1.46. The topological polar surface area (TPSA) is 71.3 Å². The highest BCUT2D eigenvalue weighted by Gasteiger charge is 2.04. The van der Waals surface area contributed by atoms with Crippen LogP contribution in [0.4, 0.5) is 0 Å². The Kier molecular flexibility index (Phi) is 5.28. The number of rotatable bonds is 5. The Hall–Kier alpha value is -1.23. The molecule has 5 heteroatoms. The summed E-state index contributed by atoms with van der Waals surface area (Å²) < 4.78 is 5.37. The van der Waals surface area contributed by atoms with E-state index in [0.29, 0.717) is 13.2 Å². The summed E-state index contributed by atoms with van der Waals surface area (Å²) in [6, 6.07) is 5.84. The van der Waals surface area contributed by atoms with Crippen molar-refractivity contribution < 1.29 is 9.84 Å². The number of halogens is 1. The Morgan fingerprint density at radius 2 is 2.18 bits per heavy atom. The maximum atomic E-state index is 8.69. The number of ether oxygens (including phenoxy) is 1. The van der Waals surface area contributed by atoms with E-state index in [0.717, 1.165) is 23.1 Å². The number of aliphatic hydroxyl groups is 1. The number of aromatic nitrogens is 1. The Bertz CT molecular complexity index is 470. The van der Waals surface area contributed by atoms with Crippen LogP contribution in [0.15, 0.2) is 24.4 Å². The van der Waals surface area contributed by atoms with Crippen molar-refractivity contribution >= 4 is 23.3 Å². The fourth-order valence-corrected chi connectivity index (χ4v) is 1.77. The summed E-state index contributed by atoms with van der Waals surface area (Å²) in [7, 11) is 0. The molecule has 4 N–H and O–H groups in total. The van der Waals surface area contributed by atoms with Gasteiger partial charge in [0.2, 0.25) is 0 Å². The second kappa shape index (κ2) is 6.49. The van der Waals surface area contributed by atoms with Crippen molar-refractivity contribution in [1.82, 2.24) is 4.98 Å². The molecule has 0 amide bonds. The van der Waals surface area contributed by atoms with E-state index in [-0.39, 0.29) is 19.0 Å². The lowest BCUT2D eigenvalue weighted by molar-refractivity contribution is 0.201. The lowest BCUT2D eigenvalue weighted by Gasteiger charge is -2.04. The molecule has 1 aromatic heterocycles. The quantitative estimate of drug-likeness (QED) is 0.759. The lowest BCUT2D eigenvalue weighted by Crippen LogP contribution is -2.02. The van der Waals surface area contributed by atoms with Crippen molar-refractivity contribution in [2.45, 2.75) is 6.42 Å². The standard InChI is InChI=1S/C12H16N2O2.ClH/c13-4-3-9-8-14-12-2-1-10(7-11(9)12)16-6-5-15;/h1-2,7-8,14-15H,3-6,13H2;1H. The molecular weight excluding hydrogens is 240 g/mol. The number of benzene rings is 1. The monoisotopic (exact) mass is 256 g/mol. The molecule has 2 aromatic rings. The number of hydrogen-bond donors (Lipinski definition) is 3. The Balaban J connectivity index is 0.00000144. The summed E-state index contributed by atoms with van der Waals surface area (Å²) in [6.45, 7) is 0.984. The second-order valence-corrected chi connectivity index (χ2v) is 3.63. The van der Waals surface area contributed by atoms with Crippen LogP contribution in [-0.2, 0) is 6.42 Å². The molecule has 1 heterocycles.